The molecule has 0 unspecified atom stereocenters. The molecule has 1 rings (SSSR count). The first-order chi connectivity index (χ1) is 7.76. The van der Waals surface area contributed by atoms with E-state index in [0.29, 0.717) is 6.61 Å². The van der Waals surface area contributed by atoms with E-state index in [0.717, 1.165) is 24.2 Å². The second kappa shape index (κ2) is 8.35. The Hall–Kier alpha value is -1.82. The van der Waals surface area contributed by atoms with Crippen molar-refractivity contribution in [2.45, 2.75) is 26.3 Å². The highest BCUT2D eigenvalue weighted by Gasteiger charge is 2.00. The second-order valence-corrected chi connectivity index (χ2v) is 3.45. The lowest BCUT2D eigenvalue weighted by molar-refractivity contribution is -0.570. The maximum absolute atomic E-state index is 10.7. The Bertz CT molecular complexity index is 338. The molecule has 0 aliphatic heterocycles. The zero-order chi connectivity index (χ0) is 11.8. The lowest BCUT2D eigenvalue weighted by atomic mass is 10.2. The van der Waals surface area contributed by atoms with Gasteiger partial charge in [-0.1, -0.05) is 18.2 Å². The van der Waals surface area contributed by atoms with Gasteiger partial charge in [-0.2, -0.15) is 0 Å². The third-order valence-electron chi connectivity index (χ3n) is 2.11. The van der Waals surface area contributed by atoms with E-state index in [1.807, 2.05) is 0 Å². The fourth-order valence-corrected chi connectivity index (χ4v) is 1.21. The van der Waals surface area contributed by atoms with Crippen LogP contribution in [-0.4, -0.2) is 16.7 Å². The Morgan fingerprint density at radius 1 is 1.35 bits per heavy atom. The number of unbranched alkanes of at least 4 members (excludes halogenated alkanes) is 1. The standard InChI is InChI=1S/C11H16N2O3.H3N/c1-2-3-8-16-11-6-4-10(5-7-11)9-13(15)12-14;/h4-7,14H,2-3,8-9H2,1H3;1H3/p+1/b13-12-;. The van der Waals surface area contributed by atoms with Crippen LogP contribution in [0, 0.1) is 5.21 Å². The van der Waals surface area contributed by atoms with Gasteiger partial charge in [0.2, 0.25) is 6.54 Å². The van der Waals surface area contributed by atoms with Crippen molar-refractivity contribution in [2.75, 3.05) is 6.61 Å². The highest BCUT2D eigenvalue weighted by molar-refractivity contribution is 5.26. The lowest BCUT2D eigenvalue weighted by Gasteiger charge is -2.05. The summed E-state index contributed by atoms with van der Waals surface area (Å²) in [5, 5.41) is 21.5. The maximum Gasteiger partial charge on any atom is 0.209 e. The van der Waals surface area contributed by atoms with Crippen LogP contribution in [0.4, 0.5) is 0 Å². The predicted molar refractivity (Wildman–Crippen MR) is 64.4 cm³/mol. The molecule has 0 amide bonds. The van der Waals surface area contributed by atoms with Gasteiger partial charge in [-0.3, -0.25) is 0 Å². The highest BCUT2D eigenvalue weighted by Crippen LogP contribution is 2.13. The third-order valence-corrected chi connectivity index (χ3v) is 2.11. The first-order valence-electron chi connectivity index (χ1n) is 5.27. The fraction of sp³-hybridized carbons (Fsp3) is 0.455. The molecule has 0 spiro atoms. The Morgan fingerprint density at radius 2 is 2.00 bits per heavy atom. The summed E-state index contributed by atoms with van der Waals surface area (Å²) in [5.74, 6) is 0.788. The van der Waals surface area contributed by atoms with E-state index in [9.17, 15) is 5.21 Å². The summed E-state index contributed by atoms with van der Waals surface area (Å²) in [4.78, 5) is 0.215. The van der Waals surface area contributed by atoms with Gasteiger partial charge >= 0.3 is 0 Å². The quantitative estimate of drug-likeness (QED) is 0.346. The van der Waals surface area contributed by atoms with Gasteiger partial charge < -0.3 is 21.3 Å². The van der Waals surface area contributed by atoms with Crippen LogP contribution in [0.2, 0.25) is 0 Å². The maximum atomic E-state index is 10.7. The van der Waals surface area contributed by atoms with Crippen molar-refractivity contribution < 1.29 is 14.8 Å². The number of hydrogen-bond acceptors (Lipinski definition) is 3. The number of hydroxylamine groups is 1. The van der Waals surface area contributed by atoms with E-state index in [-0.39, 0.29) is 17.6 Å². The van der Waals surface area contributed by atoms with Crippen molar-refractivity contribution in [3.05, 3.63) is 35.0 Å². The molecule has 96 valence electrons. The molecule has 5 N–H and O–H groups in total. The van der Waals surface area contributed by atoms with Crippen molar-refractivity contribution in [1.82, 2.24) is 6.15 Å². The van der Waals surface area contributed by atoms with Crippen LogP contribution in [0.1, 0.15) is 25.3 Å². The van der Waals surface area contributed by atoms with Gasteiger partial charge in [-0.25, -0.2) is 0 Å². The zero-order valence-corrected chi connectivity index (χ0v) is 10.3. The number of benzene rings is 1. The molecule has 0 aromatic heterocycles. The van der Waals surface area contributed by atoms with Crippen molar-refractivity contribution in [3.8, 4) is 5.75 Å². The van der Waals surface area contributed by atoms with Crippen molar-refractivity contribution >= 4 is 0 Å². The Kier molecular flexibility index (Phi) is 7.45. The Balaban J connectivity index is 0.00000256. The lowest BCUT2D eigenvalue weighted by Crippen LogP contribution is -2.00. The topological polar surface area (TPSA) is 104 Å². The molecule has 0 heterocycles. The van der Waals surface area contributed by atoms with E-state index in [2.05, 4.69) is 12.2 Å². The summed E-state index contributed by atoms with van der Waals surface area (Å²) in [6.45, 7) is 2.84. The number of nitrogens with zero attached hydrogens (tertiary/aromatic N) is 2. The van der Waals surface area contributed by atoms with Crippen LogP contribution in [0.3, 0.4) is 0 Å². The minimum atomic E-state index is 0. The smallest absolute Gasteiger partial charge is 0.209 e. The van der Waals surface area contributed by atoms with Gasteiger partial charge in [0, 0.05) is 5.56 Å². The van der Waals surface area contributed by atoms with Crippen molar-refractivity contribution in [3.63, 3.8) is 0 Å². The normalized spacial score (nSPS) is 10.8. The summed E-state index contributed by atoms with van der Waals surface area (Å²) in [5.41, 5.74) is 0.774. The Morgan fingerprint density at radius 3 is 2.53 bits per heavy atom. The highest BCUT2D eigenvalue weighted by atomic mass is 16.6. The largest absolute Gasteiger partial charge is 0.597 e. The number of hydrogen-bond donors (Lipinski definition) is 2. The molecule has 0 radical (unpaired) electrons. The van der Waals surface area contributed by atoms with Crippen LogP contribution in [-0.2, 0) is 6.54 Å². The molecule has 0 saturated heterocycles. The van der Waals surface area contributed by atoms with Gasteiger partial charge in [0.1, 0.15) is 5.75 Å². The summed E-state index contributed by atoms with van der Waals surface area (Å²) in [7, 11) is 0. The van der Waals surface area contributed by atoms with Gasteiger partial charge in [-0.15, -0.1) is 0 Å². The molecule has 0 fully saturated rings. The molecule has 6 heteroatoms. The molecule has 1 aromatic carbocycles. The minimum Gasteiger partial charge on any atom is -0.597 e. The van der Waals surface area contributed by atoms with E-state index in [4.69, 9.17) is 9.94 Å². The molecule has 1 aromatic rings. The van der Waals surface area contributed by atoms with Gasteiger partial charge in [-0.05, 0) is 30.7 Å². The molecule has 0 atom stereocenters. The molecule has 0 bridgehead atoms. The van der Waals surface area contributed by atoms with Gasteiger partial charge in [0.15, 0.2) is 5.28 Å². The zero-order valence-electron chi connectivity index (χ0n) is 10.3. The third kappa shape index (κ3) is 5.72. The predicted octanol–water partition coefficient (Wildman–Crippen LogP) is 3.09. The van der Waals surface area contributed by atoms with Crippen LogP contribution in [0.25, 0.3) is 0 Å². The van der Waals surface area contributed by atoms with E-state index in [1.165, 1.54) is 0 Å². The average Bonchev–Trinajstić information content (AvgIpc) is 2.31. The SMILES string of the molecule is CCCCOc1ccc(C/[N+]([O-])=N/O)cc1.[NH4+]. The van der Waals surface area contributed by atoms with E-state index < -0.39 is 0 Å². The number of ether oxygens (including phenoxy) is 1. The molecule has 17 heavy (non-hydrogen) atoms. The fourth-order valence-electron chi connectivity index (χ4n) is 1.21. The van der Waals surface area contributed by atoms with Crippen LogP contribution in [0.15, 0.2) is 29.5 Å². The number of rotatable bonds is 6. The van der Waals surface area contributed by atoms with Crippen molar-refractivity contribution in [2.24, 2.45) is 5.28 Å². The average molecular weight is 242 g/mol. The van der Waals surface area contributed by atoms with Crippen molar-refractivity contribution in [1.29, 1.82) is 0 Å². The van der Waals surface area contributed by atoms with E-state index >= 15 is 0 Å². The molecular weight excluding hydrogens is 222 g/mol. The van der Waals surface area contributed by atoms with Gasteiger partial charge in [0.05, 0.1) is 6.61 Å². The summed E-state index contributed by atoms with van der Waals surface area (Å²) >= 11 is 0. The molecule has 0 aliphatic rings. The summed E-state index contributed by atoms with van der Waals surface area (Å²) < 4.78 is 5.47. The summed E-state index contributed by atoms with van der Waals surface area (Å²) in [6.07, 6.45) is 2.13. The van der Waals surface area contributed by atoms with Crippen LogP contribution in [0.5, 0.6) is 5.75 Å². The van der Waals surface area contributed by atoms with Crippen LogP contribution < -0.4 is 10.9 Å². The van der Waals surface area contributed by atoms with Gasteiger partial charge in [0.25, 0.3) is 0 Å². The molecule has 0 saturated carbocycles. The second-order valence-electron chi connectivity index (χ2n) is 3.45. The molecule has 6 nitrogen and oxygen atoms in total. The first kappa shape index (κ1) is 15.2. The minimum absolute atomic E-state index is 0. The van der Waals surface area contributed by atoms with Crippen LogP contribution >= 0.6 is 0 Å². The monoisotopic (exact) mass is 242 g/mol. The summed E-state index contributed by atoms with van der Waals surface area (Å²) in [6, 6.07) is 7.15. The molecule has 0 aliphatic carbocycles. The first-order valence-corrected chi connectivity index (χ1v) is 5.27. The van der Waals surface area contributed by atoms with E-state index in [1.54, 1.807) is 24.3 Å². The number of quaternary nitrogens is 1. The molecular formula is C11H20N3O3+. The Labute approximate surface area is 101 Å².